The molecule has 0 spiro atoms. The molecule has 0 amide bonds. The summed E-state index contributed by atoms with van der Waals surface area (Å²) in [5, 5.41) is 4.76. The van der Waals surface area contributed by atoms with Crippen LogP contribution < -0.4 is 5.56 Å². The summed E-state index contributed by atoms with van der Waals surface area (Å²) < 4.78 is 43.4. The Hall–Kier alpha value is -4.46. The number of aromatic nitrogens is 3. The molecule has 3 aromatic carbocycles. The Bertz CT molecular complexity index is 1680. The van der Waals surface area contributed by atoms with Gasteiger partial charge in [-0.25, -0.2) is 4.98 Å². The van der Waals surface area contributed by atoms with Crippen molar-refractivity contribution in [3.63, 3.8) is 0 Å². The predicted octanol–water partition coefficient (Wildman–Crippen LogP) is 6.43. The van der Waals surface area contributed by atoms with E-state index in [4.69, 9.17) is 0 Å². The number of para-hydroxylation sites is 1. The van der Waals surface area contributed by atoms with Crippen LogP contribution >= 0.6 is 0 Å². The maximum atomic E-state index is 13.4. The Balaban J connectivity index is 1.62. The summed E-state index contributed by atoms with van der Waals surface area (Å²) in [6.07, 6.45) is -2.98. The van der Waals surface area contributed by atoms with Crippen molar-refractivity contribution in [3.05, 3.63) is 123 Å². The van der Waals surface area contributed by atoms with Gasteiger partial charge in [-0.05, 0) is 49.7 Å². The highest BCUT2D eigenvalue weighted by atomic mass is 19.4. The van der Waals surface area contributed by atoms with E-state index in [0.717, 1.165) is 39.3 Å². The summed E-state index contributed by atoms with van der Waals surface area (Å²) >= 11 is 0. The molecule has 0 atom stereocenters. The van der Waals surface area contributed by atoms with Gasteiger partial charge in [0.05, 0.1) is 22.7 Å². The van der Waals surface area contributed by atoms with Crippen LogP contribution in [0.5, 0.6) is 0 Å². The number of halogens is 3. The number of aryl methyl sites for hydroxylation is 1. The van der Waals surface area contributed by atoms with Crippen LogP contribution in [0.2, 0.25) is 0 Å². The average molecular weight is 501 g/mol. The number of fused-ring (bicyclic) bond motifs is 1. The van der Waals surface area contributed by atoms with Gasteiger partial charge in [-0.3, -0.25) is 4.79 Å². The number of nitrogens with zero attached hydrogens (tertiary/aromatic N) is 4. The average Bonchev–Trinajstić information content (AvgIpc) is 3.16. The molecule has 5 rings (SSSR count). The molecule has 0 bridgehead atoms. The molecule has 2 heterocycles. The van der Waals surface area contributed by atoms with Crippen LogP contribution in [-0.2, 0) is 12.7 Å². The van der Waals surface area contributed by atoms with Crippen molar-refractivity contribution in [2.45, 2.75) is 26.6 Å². The molecule has 2 aromatic heterocycles. The second-order valence-electron chi connectivity index (χ2n) is 8.79. The van der Waals surface area contributed by atoms with Gasteiger partial charge in [0.25, 0.3) is 5.56 Å². The zero-order chi connectivity index (χ0) is 26.2. The van der Waals surface area contributed by atoms with E-state index in [1.807, 2.05) is 50.2 Å². The van der Waals surface area contributed by atoms with E-state index in [9.17, 15) is 18.0 Å². The monoisotopic (exact) mass is 500 g/mol. The standard InChI is InChI=1S/C29H23F3N4O/c1-19-15-23(20(2)35(19)18-21-9-4-3-5-10-21)17-33-36-27(22-11-8-12-24(16-22)29(30,31)32)34-26-14-7-6-13-25(26)28(36)37/h3-17H,18H2,1-2H3. The third-order valence-corrected chi connectivity index (χ3v) is 6.31. The third-order valence-electron chi connectivity index (χ3n) is 6.31. The fourth-order valence-electron chi connectivity index (χ4n) is 4.34. The van der Waals surface area contributed by atoms with Crippen molar-refractivity contribution in [1.82, 2.24) is 14.2 Å². The molecule has 0 aliphatic rings. The van der Waals surface area contributed by atoms with E-state index in [0.29, 0.717) is 17.4 Å². The molecule has 0 aliphatic heterocycles. The van der Waals surface area contributed by atoms with Crippen LogP contribution in [0, 0.1) is 13.8 Å². The molecule has 0 radical (unpaired) electrons. The molecule has 0 saturated heterocycles. The fourth-order valence-corrected chi connectivity index (χ4v) is 4.34. The zero-order valence-electron chi connectivity index (χ0n) is 20.2. The Morgan fingerprint density at radius 2 is 1.65 bits per heavy atom. The minimum absolute atomic E-state index is 0.0316. The van der Waals surface area contributed by atoms with Crippen LogP contribution in [0.25, 0.3) is 22.3 Å². The van der Waals surface area contributed by atoms with Gasteiger partial charge in [-0.15, -0.1) is 0 Å². The van der Waals surface area contributed by atoms with Crippen molar-refractivity contribution in [2.24, 2.45) is 5.10 Å². The topological polar surface area (TPSA) is 52.2 Å². The zero-order valence-corrected chi connectivity index (χ0v) is 20.2. The van der Waals surface area contributed by atoms with Crippen molar-refractivity contribution in [3.8, 4) is 11.4 Å². The molecule has 5 aromatic rings. The lowest BCUT2D eigenvalue weighted by Gasteiger charge is -2.12. The molecular weight excluding hydrogens is 477 g/mol. The van der Waals surface area contributed by atoms with Gasteiger partial charge in [0, 0.05) is 29.1 Å². The van der Waals surface area contributed by atoms with Gasteiger partial charge < -0.3 is 4.57 Å². The second-order valence-corrected chi connectivity index (χ2v) is 8.79. The van der Waals surface area contributed by atoms with E-state index in [1.54, 1.807) is 30.5 Å². The highest BCUT2D eigenvalue weighted by molar-refractivity contribution is 5.83. The molecule has 0 N–H and O–H groups in total. The highest BCUT2D eigenvalue weighted by Crippen LogP contribution is 2.32. The van der Waals surface area contributed by atoms with Crippen molar-refractivity contribution in [2.75, 3.05) is 0 Å². The third kappa shape index (κ3) is 4.82. The molecule has 37 heavy (non-hydrogen) atoms. The summed E-state index contributed by atoms with van der Waals surface area (Å²) in [4.78, 5) is 17.9. The maximum Gasteiger partial charge on any atom is 0.416 e. The number of rotatable bonds is 5. The van der Waals surface area contributed by atoms with E-state index in [-0.39, 0.29) is 11.4 Å². The van der Waals surface area contributed by atoms with Crippen LogP contribution in [0.1, 0.15) is 28.1 Å². The Kier molecular flexibility index (Phi) is 6.25. The van der Waals surface area contributed by atoms with Gasteiger partial charge in [0.2, 0.25) is 0 Å². The summed E-state index contributed by atoms with van der Waals surface area (Å²) in [5.41, 5.74) is 3.15. The molecule has 186 valence electrons. The fraction of sp³-hybridized carbons (Fsp3) is 0.138. The van der Waals surface area contributed by atoms with Crippen LogP contribution in [-0.4, -0.2) is 20.4 Å². The lowest BCUT2D eigenvalue weighted by atomic mass is 10.1. The van der Waals surface area contributed by atoms with E-state index in [1.165, 1.54) is 12.1 Å². The first kappa shape index (κ1) is 24.2. The molecule has 0 unspecified atom stereocenters. The Morgan fingerprint density at radius 3 is 2.41 bits per heavy atom. The minimum Gasteiger partial charge on any atom is -0.344 e. The first-order valence-electron chi connectivity index (χ1n) is 11.7. The van der Waals surface area contributed by atoms with Gasteiger partial charge in [0.1, 0.15) is 0 Å². The number of alkyl halides is 3. The molecule has 8 heteroatoms. The van der Waals surface area contributed by atoms with Crippen LogP contribution in [0.3, 0.4) is 0 Å². The smallest absolute Gasteiger partial charge is 0.344 e. The van der Waals surface area contributed by atoms with Gasteiger partial charge in [-0.2, -0.15) is 22.9 Å². The summed E-state index contributed by atoms with van der Waals surface area (Å²) in [7, 11) is 0. The van der Waals surface area contributed by atoms with Gasteiger partial charge in [-0.1, -0.05) is 54.6 Å². The van der Waals surface area contributed by atoms with Crippen molar-refractivity contribution in [1.29, 1.82) is 0 Å². The first-order chi connectivity index (χ1) is 17.7. The van der Waals surface area contributed by atoms with Gasteiger partial charge >= 0.3 is 6.18 Å². The van der Waals surface area contributed by atoms with Crippen LogP contribution in [0.15, 0.2) is 94.8 Å². The minimum atomic E-state index is -4.53. The van der Waals surface area contributed by atoms with Crippen molar-refractivity contribution >= 4 is 17.1 Å². The molecule has 0 aliphatic carbocycles. The number of hydrogen-bond acceptors (Lipinski definition) is 3. The number of hydrogen-bond donors (Lipinski definition) is 0. The summed E-state index contributed by atoms with van der Waals surface area (Å²) in [6, 6.07) is 23.5. The summed E-state index contributed by atoms with van der Waals surface area (Å²) in [5.74, 6) is 0.0316. The van der Waals surface area contributed by atoms with Crippen molar-refractivity contribution < 1.29 is 13.2 Å². The molecule has 0 saturated carbocycles. The van der Waals surface area contributed by atoms with E-state index >= 15 is 0 Å². The Labute approximate surface area is 211 Å². The molecule has 5 nitrogen and oxygen atoms in total. The normalized spacial score (nSPS) is 12.0. The van der Waals surface area contributed by atoms with E-state index < -0.39 is 17.3 Å². The van der Waals surface area contributed by atoms with E-state index in [2.05, 4.69) is 14.7 Å². The van der Waals surface area contributed by atoms with Crippen LogP contribution in [0.4, 0.5) is 13.2 Å². The largest absolute Gasteiger partial charge is 0.416 e. The maximum absolute atomic E-state index is 13.4. The molecule has 0 fully saturated rings. The SMILES string of the molecule is Cc1cc(C=Nn2c(-c3cccc(C(F)(F)F)c3)nc3ccccc3c2=O)c(C)n1Cc1ccccc1. The lowest BCUT2D eigenvalue weighted by molar-refractivity contribution is -0.137. The second kappa shape index (κ2) is 9.54. The number of benzene rings is 3. The highest BCUT2D eigenvalue weighted by Gasteiger charge is 2.31. The predicted molar refractivity (Wildman–Crippen MR) is 139 cm³/mol. The van der Waals surface area contributed by atoms with Gasteiger partial charge in [0.15, 0.2) is 5.82 Å². The first-order valence-corrected chi connectivity index (χ1v) is 11.7. The molecular formula is C29H23F3N4O. The quantitative estimate of drug-likeness (QED) is 0.261. The summed E-state index contributed by atoms with van der Waals surface area (Å²) in [6.45, 7) is 4.64. The Morgan fingerprint density at radius 1 is 0.919 bits per heavy atom. The lowest BCUT2D eigenvalue weighted by Crippen LogP contribution is -2.20.